The van der Waals surface area contributed by atoms with Gasteiger partial charge < -0.3 is 9.30 Å². The van der Waals surface area contributed by atoms with Crippen molar-refractivity contribution in [3.8, 4) is 11.1 Å². The molecule has 0 aliphatic heterocycles. The van der Waals surface area contributed by atoms with E-state index in [2.05, 4.69) is 9.97 Å². The number of esters is 1. The van der Waals surface area contributed by atoms with Crippen LogP contribution in [0, 0.1) is 5.82 Å². The third-order valence-corrected chi connectivity index (χ3v) is 3.43. The fourth-order valence-electron chi connectivity index (χ4n) is 2.35. The first-order valence-electron chi connectivity index (χ1n) is 6.98. The zero-order valence-electron chi connectivity index (χ0n) is 12.4. The van der Waals surface area contributed by atoms with E-state index in [0.29, 0.717) is 23.6 Å². The lowest BCUT2D eigenvalue weighted by Gasteiger charge is -2.09. The van der Waals surface area contributed by atoms with Crippen molar-refractivity contribution in [2.24, 2.45) is 0 Å². The van der Waals surface area contributed by atoms with E-state index >= 15 is 0 Å². The second kappa shape index (κ2) is 6.39. The molecule has 23 heavy (non-hydrogen) atoms. The van der Waals surface area contributed by atoms with Gasteiger partial charge in [0.1, 0.15) is 17.3 Å². The second-order valence-electron chi connectivity index (χ2n) is 4.87. The molecule has 2 aromatic heterocycles. The van der Waals surface area contributed by atoms with Crippen molar-refractivity contribution in [3.63, 3.8) is 0 Å². The van der Waals surface area contributed by atoms with E-state index < -0.39 is 5.97 Å². The van der Waals surface area contributed by atoms with Crippen LogP contribution in [0.3, 0.4) is 0 Å². The number of rotatable bonds is 4. The molecule has 1 aromatic carbocycles. The Morgan fingerprint density at radius 3 is 2.52 bits per heavy atom. The first-order chi connectivity index (χ1) is 11.2. The summed E-state index contributed by atoms with van der Waals surface area (Å²) in [7, 11) is 1.33. The fourth-order valence-corrected chi connectivity index (χ4v) is 2.35. The van der Waals surface area contributed by atoms with Crippen LogP contribution in [0.2, 0.25) is 0 Å². The van der Waals surface area contributed by atoms with Crippen LogP contribution in [0.15, 0.2) is 55.0 Å². The summed E-state index contributed by atoms with van der Waals surface area (Å²) in [6, 6.07) is 9.48. The molecule has 0 radical (unpaired) electrons. The van der Waals surface area contributed by atoms with Crippen LogP contribution in [-0.2, 0) is 11.3 Å². The summed E-state index contributed by atoms with van der Waals surface area (Å²) in [4.78, 5) is 20.5. The second-order valence-corrected chi connectivity index (χ2v) is 4.87. The number of methoxy groups -OCH3 is 1. The van der Waals surface area contributed by atoms with Crippen molar-refractivity contribution >= 4 is 5.97 Å². The highest BCUT2D eigenvalue weighted by atomic mass is 19.1. The molecular weight excluding hydrogens is 297 g/mol. The third kappa shape index (κ3) is 3.11. The number of benzene rings is 1. The Kier molecular flexibility index (Phi) is 4.14. The normalized spacial score (nSPS) is 10.5. The Labute approximate surface area is 132 Å². The van der Waals surface area contributed by atoms with Gasteiger partial charge in [0, 0.05) is 24.2 Å². The van der Waals surface area contributed by atoms with E-state index in [-0.39, 0.29) is 5.82 Å². The average molecular weight is 311 g/mol. The van der Waals surface area contributed by atoms with Gasteiger partial charge in [-0.1, -0.05) is 12.1 Å². The summed E-state index contributed by atoms with van der Waals surface area (Å²) in [5.41, 5.74) is 1.79. The van der Waals surface area contributed by atoms with Crippen LogP contribution < -0.4 is 0 Å². The molecule has 116 valence electrons. The summed E-state index contributed by atoms with van der Waals surface area (Å²) in [6.45, 7) is 0.340. The Bertz CT molecular complexity index is 814. The molecule has 2 heterocycles. The molecule has 0 aliphatic rings. The lowest BCUT2D eigenvalue weighted by Crippen LogP contribution is -2.13. The van der Waals surface area contributed by atoms with Gasteiger partial charge in [-0.3, -0.25) is 0 Å². The van der Waals surface area contributed by atoms with Crippen LogP contribution in [0.1, 0.15) is 16.3 Å². The van der Waals surface area contributed by atoms with Gasteiger partial charge in [-0.2, -0.15) is 0 Å². The van der Waals surface area contributed by atoms with Gasteiger partial charge in [-0.05, 0) is 29.8 Å². The smallest absolute Gasteiger partial charge is 0.355 e. The van der Waals surface area contributed by atoms with Gasteiger partial charge in [-0.25, -0.2) is 19.2 Å². The molecule has 0 atom stereocenters. The molecule has 0 amide bonds. The maximum Gasteiger partial charge on any atom is 0.355 e. The quantitative estimate of drug-likeness (QED) is 0.695. The molecule has 0 N–H and O–H groups in total. The van der Waals surface area contributed by atoms with E-state index in [0.717, 1.165) is 5.56 Å². The molecule has 0 saturated heterocycles. The predicted octanol–water partition coefficient (Wildman–Crippen LogP) is 2.92. The van der Waals surface area contributed by atoms with E-state index in [1.165, 1.54) is 19.2 Å². The largest absolute Gasteiger partial charge is 0.464 e. The number of hydrogen-bond donors (Lipinski definition) is 0. The first-order valence-corrected chi connectivity index (χ1v) is 6.98. The van der Waals surface area contributed by atoms with Gasteiger partial charge >= 0.3 is 5.97 Å². The number of carbonyl (C=O) groups is 1. The van der Waals surface area contributed by atoms with E-state index in [1.807, 2.05) is 0 Å². The zero-order chi connectivity index (χ0) is 16.2. The van der Waals surface area contributed by atoms with Crippen LogP contribution in [0.4, 0.5) is 4.39 Å². The highest BCUT2D eigenvalue weighted by molar-refractivity contribution is 5.96. The summed E-state index contributed by atoms with van der Waals surface area (Å²) in [5, 5.41) is 0. The van der Waals surface area contributed by atoms with Crippen molar-refractivity contribution in [1.82, 2.24) is 14.5 Å². The highest BCUT2D eigenvalue weighted by Gasteiger charge is 2.19. The zero-order valence-corrected chi connectivity index (χ0v) is 12.4. The minimum Gasteiger partial charge on any atom is -0.464 e. The molecule has 3 rings (SSSR count). The van der Waals surface area contributed by atoms with E-state index in [4.69, 9.17) is 4.74 Å². The first kappa shape index (κ1) is 14.9. The maximum absolute atomic E-state index is 13.1. The summed E-state index contributed by atoms with van der Waals surface area (Å²) < 4.78 is 19.7. The number of halogens is 1. The van der Waals surface area contributed by atoms with E-state index in [9.17, 15) is 9.18 Å². The lowest BCUT2D eigenvalue weighted by molar-refractivity contribution is 0.0590. The minimum absolute atomic E-state index is 0.328. The molecule has 0 aliphatic carbocycles. The van der Waals surface area contributed by atoms with E-state index in [1.54, 1.807) is 47.4 Å². The van der Waals surface area contributed by atoms with Crippen LogP contribution in [0.5, 0.6) is 0 Å². The minimum atomic E-state index is -0.467. The average Bonchev–Trinajstić information content (AvgIpc) is 2.99. The van der Waals surface area contributed by atoms with Crippen molar-refractivity contribution in [3.05, 3.63) is 72.3 Å². The molecule has 3 aromatic rings. The van der Waals surface area contributed by atoms with Crippen molar-refractivity contribution in [2.75, 3.05) is 7.11 Å². The molecular formula is C17H14FN3O2. The lowest BCUT2D eigenvalue weighted by atomic mass is 10.1. The van der Waals surface area contributed by atoms with Gasteiger partial charge in [0.25, 0.3) is 0 Å². The number of ether oxygens (including phenoxy) is 1. The molecule has 0 saturated carbocycles. The monoisotopic (exact) mass is 311 g/mol. The number of aromatic nitrogens is 3. The van der Waals surface area contributed by atoms with Gasteiger partial charge in [0.05, 0.1) is 13.7 Å². The van der Waals surface area contributed by atoms with Crippen LogP contribution in [-0.4, -0.2) is 27.6 Å². The van der Waals surface area contributed by atoms with Crippen molar-refractivity contribution < 1.29 is 13.9 Å². The van der Waals surface area contributed by atoms with Crippen molar-refractivity contribution in [2.45, 2.75) is 6.54 Å². The van der Waals surface area contributed by atoms with Crippen LogP contribution in [0.25, 0.3) is 11.1 Å². The Hall–Kier alpha value is -3.02. The molecule has 0 bridgehead atoms. The molecule has 5 nitrogen and oxygen atoms in total. The molecule has 0 fully saturated rings. The summed E-state index contributed by atoms with van der Waals surface area (Å²) in [6.07, 6.45) is 5.05. The van der Waals surface area contributed by atoms with Crippen molar-refractivity contribution in [1.29, 1.82) is 0 Å². The van der Waals surface area contributed by atoms with Gasteiger partial charge in [0.2, 0.25) is 0 Å². The predicted molar refractivity (Wildman–Crippen MR) is 82.3 cm³/mol. The topological polar surface area (TPSA) is 57.0 Å². The number of nitrogens with zero attached hydrogens (tertiary/aromatic N) is 3. The Balaban J connectivity index is 2.04. The SMILES string of the molecule is COC(=O)c1c(-c2ccc(F)cc2)ccn1Cc1ncccn1. The summed E-state index contributed by atoms with van der Waals surface area (Å²) in [5.74, 6) is -0.213. The highest BCUT2D eigenvalue weighted by Crippen LogP contribution is 2.26. The number of carbonyl (C=O) groups excluding carboxylic acids is 1. The Morgan fingerprint density at radius 2 is 1.87 bits per heavy atom. The van der Waals surface area contributed by atoms with Gasteiger partial charge in [-0.15, -0.1) is 0 Å². The fraction of sp³-hybridized carbons (Fsp3) is 0.118. The Morgan fingerprint density at radius 1 is 1.17 bits per heavy atom. The standard InChI is InChI=1S/C17H14FN3O2/c1-23-17(22)16-14(12-3-5-13(18)6-4-12)7-10-21(16)11-15-19-8-2-9-20-15/h2-10H,11H2,1H3. The summed E-state index contributed by atoms with van der Waals surface area (Å²) >= 11 is 0. The molecule has 0 spiro atoms. The molecule has 0 unspecified atom stereocenters. The maximum atomic E-state index is 13.1. The number of hydrogen-bond acceptors (Lipinski definition) is 4. The van der Waals surface area contributed by atoms with Gasteiger partial charge in [0.15, 0.2) is 0 Å². The molecule has 6 heteroatoms. The van der Waals surface area contributed by atoms with Crippen LogP contribution >= 0.6 is 0 Å². The third-order valence-electron chi connectivity index (χ3n) is 3.43.